The van der Waals surface area contributed by atoms with Crippen LogP contribution >= 0.6 is 11.3 Å². The third-order valence-electron chi connectivity index (χ3n) is 5.09. The Morgan fingerprint density at radius 3 is 2.68 bits per heavy atom. The van der Waals surface area contributed by atoms with E-state index in [0.29, 0.717) is 0 Å². The van der Waals surface area contributed by atoms with Crippen LogP contribution in [-0.4, -0.2) is 9.55 Å². The normalized spacial score (nSPS) is 11.8. The van der Waals surface area contributed by atoms with E-state index in [9.17, 15) is 0 Å². The number of hydrogen-bond acceptors (Lipinski definition) is 2. The number of fused-ring (bicyclic) bond motifs is 4. The molecular formula is C21H18N3S+. The summed E-state index contributed by atoms with van der Waals surface area (Å²) in [5.74, 6) is 1.23. The summed E-state index contributed by atoms with van der Waals surface area (Å²) in [5, 5.41) is 2.53. The van der Waals surface area contributed by atoms with Crippen molar-refractivity contribution >= 4 is 42.7 Å². The Morgan fingerprint density at radius 2 is 1.84 bits per heavy atom. The van der Waals surface area contributed by atoms with Gasteiger partial charge in [-0.2, -0.15) is 0 Å². The third kappa shape index (κ3) is 1.91. The van der Waals surface area contributed by atoms with Crippen LogP contribution in [0.3, 0.4) is 0 Å². The molecule has 122 valence electrons. The number of hydrogen-bond donors (Lipinski definition) is 0. The summed E-state index contributed by atoms with van der Waals surface area (Å²) >= 11 is 1.79. The van der Waals surface area contributed by atoms with Gasteiger partial charge in [-0.1, -0.05) is 24.3 Å². The Labute approximate surface area is 149 Å². The second-order valence-electron chi connectivity index (χ2n) is 6.52. The van der Waals surface area contributed by atoms with E-state index in [2.05, 4.69) is 77.6 Å². The van der Waals surface area contributed by atoms with Gasteiger partial charge in [-0.05, 0) is 36.8 Å². The van der Waals surface area contributed by atoms with Gasteiger partial charge in [0.2, 0.25) is 0 Å². The molecule has 0 atom stereocenters. The fourth-order valence-electron chi connectivity index (χ4n) is 3.87. The number of pyridine rings is 1. The van der Waals surface area contributed by atoms with Crippen molar-refractivity contribution in [2.24, 2.45) is 14.1 Å². The van der Waals surface area contributed by atoms with E-state index < -0.39 is 0 Å². The van der Waals surface area contributed by atoms with Crippen molar-refractivity contribution in [2.45, 2.75) is 6.92 Å². The number of benzene rings is 2. The van der Waals surface area contributed by atoms with Crippen molar-refractivity contribution < 1.29 is 4.57 Å². The summed E-state index contributed by atoms with van der Waals surface area (Å²) in [4.78, 5) is 5.68. The summed E-state index contributed by atoms with van der Waals surface area (Å²) in [6.45, 7) is 2.20. The molecule has 3 heterocycles. The van der Waals surface area contributed by atoms with E-state index in [0.717, 1.165) is 4.83 Å². The van der Waals surface area contributed by atoms with Crippen molar-refractivity contribution in [3.63, 3.8) is 0 Å². The molecule has 5 aromatic rings. The van der Waals surface area contributed by atoms with Crippen molar-refractivity contribution in [1.82, 2.24) is 9.55 Å². The molecule has 0 bridgehead atoms. The van der Waals surface area contributed by atoms with Gasteiger partial charge in [0.15, 0.2) is 11.0 Å². The first-order valence-corrected chi connectivity index (χ1v) is 9.19. The maximum absolute atomic E-state index is 4.58. The molecule has 0 N–H and O–H groups in total. The van der Waals surface area contributed by atoms with Gasteiger partial charge in [-0.3, -0.25) is 0 Å². The van der Waals surface area contributed by atoms with Crippen LogP contribution < -0.4 is 4.57 Å². The first-order valence-electron chi connectivity index (χ1n) is 8.37. The first-order chi connectivity index (χ1) is 12.2. The Kier molecular flexibility index (Phi) is 3.00. The van der Waals surface area contributed by atoms with Gasteiger partial charge < -0.3 is 0 Å². The SMILES string of the molecule is Cc1ccc2c(sc3ncccc32)c1-c1n(C)c2ccccc2[n+]1C. The average molecular weight is 344 g/mol. The highest BCUT2D eigenvalue weighted by atomic mass is 32.1. The van der Waals surface area contributed by atoms with Crippen molar-refractivity contribution in [3.05, 3.63) is 60.3 Å². The Hall–Kier alpha value is -2.72. The molecule has 0 saturated carbocycles. The minimum absolute atomic E-state index is 1.10. The summed E-state index contributed by atoms with van der Waals surface area (Å²) in [7, 11) is 4.31. The fraction of sp³-hybridized carbons (Fsp3) is 0.143. The van der Waals surface area contributed by atoms with Crippen LogP contribution in [0.25, 0.3) is 42.7 Å². The second kappa shape index (κ2) is 5.14. The number of aromatic nitrogens is 3. The van der Waals surface area contributed by atoms with Crippen LogP contribution in [0, 0.1) is 6.92 Å². The van der Waals surface area contributed by atoms with E-state index in [1.165, 1.54) is 43.5 Å². The second-order valence-corrected chi connectivity index (χ2v) is 7.52. The number of aryl methyl sites for hydroxylation is 3. The summed E-state index contributed by atoms with van der Waals surface area (Å²) in [6, 6.07) is 17.2. The molecule has 3 aromatic heterocycles. The smallest absolute Gasteiger partial charge is 0.245 e. The highest BCUT2D eigenvalue weighted by Gasteiger charge is 2.26. The molecule has 0 aliphatic rings. The highest BCUT2D eigenvalue weighted by molar-refractivity contribution is 7.26. The number of thiophene rings is 1. The molecule has 0 fully saturated rings. The molecule has 2 aromatic carbocycles. The van der Waals surface area contributed by atoms with E-state index in [-0.39, 0.29) is 0 Å². The molecule has 0 saturated heterocycles. The maximum Gasteiger partial charge on any atom is 0.291 e. The molecule has 0 spiro atoms. The van der Waals surface area contributed by atoms with Gasteiger partial charge in [0.25, 0.3) is 5.82 Å². The van der Waals surface area contributed by atoms with Gasteiger partial charge in [0.05, 0.1) is 24.4 Å². The number of rotatable bonds is 1. The molecular weight excluding hydrogens is 326 g/mol. The zero-order chi connectivity index (χ0) is 17.1. The van der Waals surface area contributed by atoms with Gasteiger partial charge in [-0.15, -0.1) is 11.3 Å². The van der Waals surface area contributed by atoms with Crippen LogP contribution in [0.2, 0.25) is 0 Å². The quantitative estimate of drug-likeness (QED) is 0.403. The molecule has 0 unspecified atom stereocenters. The number of para-hydroxylation sites is 2. The molecule has 4 heteroatoms. The number of nitrogens with zero attached hydrogens (tertiary/aromatic N) is 3. The monoisotopic (exact) mass is 344 g/mol. The van der Waals surface area contributed by atoms with Crippen LogP contribution in [0.15, 0.2) is 54.7 Å². The standard InChI is InChI=1S/C21H18N3S/c1-13-10-11-14-15-7-6-12-22-20(15)25-19(14)18(13)21-23(2)16-8-4-5-9-17(16)24(21)3/h4-12H,1-3H3/q+1. The summed E-state index contributed by atoms with van der Waals surface area (Å²) in [6.07, 6.45) is 1.88. The van der Waals surface area contributed by atoms with Crippen molar-refractivity contribution in [2.75, 3.05) is 0 Å². The molecule has 0 aliphatic carbocycles. The van der Waals surface area contributed by atoms with Crippen molar-refractivity contribution in [1.29, 1.82) is 0 Å². The Morgan fingerprint density at radius 1 is 1.00 bits per heavy atom. The lowest BCUT2D eigenvalue weighted by Crippen LogP contribution is -2.30. The maximum atomic E-state index is 4.58. The van der Waals surface area contributed by atoms with E-state index in [1.54, 1.807) is 11.3 Å². The Balaban J connectivity index is 1.98. The fourth-order valence-corrected chi connectivity index (χ4v) is 5.11. The molecule has 25 heavy (non-hydrogen) atoms. The summed E-state index contributed by atoms with van der Waals surface area (Å²) in [5.41, 5.74) is 5.09. The summed E-state index contributed by atoms with van der Waals surface area (Å²) < 4.78 is 5.92. The molecule has 0 aliphatic heterocycles. The highest BCUT2D eigenvalue weighted by Crippen LogP contribution is 2.40. The largest absolute Gasteiger partial charge is 0.291 e. The lowest BCUT2D eigenvalue weighted by molar-refractivity contribution is -0.634. The van der Waals surface area contributed by atoms with Gasteiger partial charge in [0.1, 0.15) is 4.83 Å². The van der Waals surface area contributed by atoms with E-state index >= 15 is 0 Å². The van der Waals surface area contributed by atoms with Crippen LogP contribution in [0.5, 0.6) is 0 Å². The number of imidazole rings is 1. The van der Waals surface area contributed by atoms with Gasteiger partial charge >= 0.3 is 0 Å². The molecule has 0 radical (unpaired) electrons. The lowest BCUT2D eigenvalue weighted by atomic mass is 10.0. The van der Waals surface area contributed by atoms with E-state index in [1.807, 2.05) is 12.3 Å². The minimum Gasteiger partial charge on any atom is -0.245 e. The van der Waals surface area contributed by atoms with Gasteiger partial charge in [-0.25, -0.2) is 14.1 Å². The minimum atomic E-state index is 1.10. The lowest BCUT2D eigenvalue weighted by Gasteiger charge is -2.05. The zero-order valence-corrected chi connectivity index (χ0v) is 15.3. The predicted molar refractivity (Wildman–Crippen MR) is 105 cm³/mol. The topological polar surface area (TPSA) is 21.7 Å². The molecule has 5 rings (SSSR count). The van der Waals surface area contributed by atoms with Crippen LogP contribution in [0.1, 0.15) is 5.56 Å². The van der Waals surface area contributed by atoms with Gasteiger partial charge in [0, 0.05) is 17.0 Å². The average Bonchev–Trinajstić information content (AvgIpc) is 3.12. The molecule has 3 nitrogen and oxygen atoms in total. The van der Waals surface area contributed by atoms with Crippen molar-refractivity contribution in [3.8, 4) is 11.4 Å². The van der Waals surface area contributed by atoms with E-state index in [4.69, 9.17) is 0 Å². The molecule has 0 amide bonds. The van der Waals surface area contributed by atoms with Crippen LogP contribution in [0.4, 0.5) is 0 Å². The zero-order valence-electron chi connectivity index (χ0n) is 14.4. The third-order valence-corrected chi connectivity index (χ3v) is 6.24. The first kappa shape index (κ1) is 14.6. The Bertz CT molecular complexity index is 1240. The predicted octanol–water partition coefficient (Wildman–Crippen LogP) is 4.74. The van der Waals surface area contributed by atoms with Crippen LogP contribution in [-0.2, 0) is 14.1 Å².